The molecule has 0 aliphatic heterocycles. The topological polar surface area (TPSA) is 39.2 Å². The van der Waals surface area contributed by atoms with E-state index in [-0.39, 0.29) is 22.2 Å². The zero-order valence-electron chi connectivity index (χ0n) is 8.76. The summed E-state index contributed by atoms with van der Waals surface area (Å²) in [6.45, 7) is 1.67. The van der Waals surface area contributed by atoms with Crippen LogP contribution in [-0.4, -0.2) is 18.1 Å². The minimum absolute atomic E-state index is 0.0707. The summed E-state index contributed by atoms with van der Waals surface area (Å²) in [6.07, 6.45) is -2.86. The van der Waals surface area contributed by atoms with Gasteiger partial charge in [-0.15, -0.1) is 0 Å². The van der Waals surface area contributed by atoms with E-state index in [2.05, 4.69) is 25.7 Å². The van der Waals surface area contributed by atoms with E-state index in [4.69, 9.17) is 0 Å². The molecule has 88 valence electrons. The van der Waals surface area contributed by atoms with Gasteiger partial charge in [-0.25, -0.2) is 13.8 Å². The van der Waals surface area contributed by atoms with Crippen LogP contribution >= 0.6 is 15.9 Å². The Morgan fingerprint density at radius 1 is 1.62 bits per heavy atom. The molecule has 0 aliphatic carbocycles. The highest BCUT2D eigenvalue weighted by molar-refractivity contribution is 9.10. The Kier molecular flexibility index (Phi) is 4.35. The van der Waals surface area contributed by atoms with Gasteiger partial charge in [0.2, 0.25) is 0 Å². The van der Waals surface area contributed by atoms with Gasteiger partial charge >= 0.3 is 5.97 Å². The van der Waals surface area contributed by atoms with Crippen molar-refractivity contribution in [1.82, 2.24) is 4.98 Å². The van der Waals surface area contributed by atoms with Gasteiger partial charge in [-0.3, -0.25) is 4.79 Å². The van der Waals surface area contributed by atoms with Gasteiger partial charge in [0.15, 0.2) is 0 Å². The van der Waals surface area contributed by atoms with Gasteiger partial charge in [0, 0.05) is 5.69 Å². The summed E-state index contributed by atoms with van der Waals surface area (Å²) in [4.78, 5) is 14.9. The molecule has 0 aromatic carbocycles. The summed E-state index contributed by atoms with van der Waals surface area (Å²) < 4.78 is 30.0. The van der Waals surface area contributed by atoms with E-state index in [9.17, 15) is 13.6 Å². The lowest BCUT2D eigenvalue weighted by atomic mass is 10.1. The van der Waals surface area contributed by atoms with Gasteiger partial charge in [0.25, 0.3) is 6.43 Å². The molecule has 6 heteroatoms. The van der Waals surface area contributed by atoms with Crippen LogP contribution in [0.3, 0.4) is 0 Å². The Morgan fingerprint density at radius 2 is 2.25 bits per heavy atom. The first-order valence-corrected chi connectivity index (χ1v) is 5.26. The quantitative estimate of drug-likeness (QED) is 0.635. The summed E-state index contributed by atoms with van der Waals surface area (Å²) in [5.41, 5.74) is 0.549. The van der Waals surface area contributed by atoms with Crippen LogP contribution in [0.5, 0.6) is 0 Å². The van der Waals surface area contributed by atoms with Crippen LogP contribution in [0.1, 0.15) is 23.2 Å². The number of nitrogens with zero attached hydrogens (tertiary/aromatic N) is 1. The number of rotatable bonds is 3. The molecular formula is C10H10BrF2NO2. The van der Waals surface area contributed by atoms with E-state index < -0.39 is 12.4 Å². The van der Waals surface area contributed by atoms with Crippen molar-refractivity contribution < 1.29 is 18.3 Å². The fraction of sp³-hybridized carbons (Fsp3) is 0.400. The van der Waals surface area contributed by atoms with E-state index in [0.29, 0.717) is 5.69 Å². The van der Waals surface area contributed by atoms with Crippen molar-refractivity contribution in [2.75, 3.05) is 7.11 Å². The molecule has 3 nitrogen and oxygen atoms in total. The van der Waals surface area contributed by atoms with Crippen molar-refractivity contribution in [3.05, 3.63) is 27.5 Å². The number of aryl methyl sites for hydroxylation is 1. The number of carbonyl (C=O) groups excluding carboxylic acids is 1. The zero-order chi connectivity index (χ0) is 12.3. The van der Waals surface area contributed by atoms with E-state index in [1.165, 1.54) is 13.2 Å². The molecule has 0 saturated heterocycles. The summed E-state index contributed by atoms with van der Waals surface area (Å²) >= 11 is 2.97. The van der Waals surface area contributed by atoms with E-state index in [1.807, 2.05) is 0 Å². The van der Waals surface area contributed by atoms with Gasteiger partial charge in [-0.05, 0) is 34.5 Å². The number of pyridine rings is 1. The third-order valence-corrected chi connectivity index (χ3v) is 2.61. The van der Waals surface area contributed by atoms with Crippen molar-refractivity contribution in [2.45, 2.75) is 19.8 Å². The van der Waals surface area contributed by atoms with E-state index in [1.54, 1.807) is 6.92 Å². The summed E-state index contributed by atoms with van der Waals surface area (Å²) in [5, 5.41) is 0. The lowest BCUT2D eigenvalue weighted by Crippen LogP contribution is -2.09. The number of carbonyl (C=O) groups is 1. The van der Waals surface area contributed by atoms with Crippen LogP contribution in [0.2, 0.25) is 0 Å². The van der Waals surface area contributed by atoms with Crippen LogP contribution in [0.4, 0.5) is 8.78 Å². The van der Waals surface area contributed by atoms with Crippen molar-refractivity contribution in [3.63, 3.8) is 0 Å². The Morgan fingerprint density at radius 3 is 2.75 bits per heavy atom. The molecule has 1 rings (SSSR count). The normalized spacial score (nSPS) is 10.6. The summed E-state index contributed by atoms with van der Waals surface area (Å²) in [6, 6.07) is 1.46. The summed E-state index contributed by atoms with van der Waals surface area (Å²) in [5.74, 6) is -0.556. The van der Waals surface area contributed by atoms with Crippen molar-refractivity contribution in [1.29, 1.82) is 0 Å². The van der Waals surface area contributed by atoms with Crippen LogP contribution < -0.4 is 0 Å². The number of hydrogen-bond acceptors (Lipinski definition) is 3. The maximum absolute atomic E-state index is 12.8. The highest BCUT2D eigenvalue weighted by atomic mass is 79.9. The van der Waals surface area contributed by atoms with Crippen molar-refractivity contribution in [2.24, 2.45) is 0 Å². The second kappa shape index (κ2) is 5.34. The number of hydrogen-bond donors (Lipinski definition) is 0. The first-order valence-electron chi connectivity index (χ1n) is 4.46. The fourth-order valence-electron chi connectivity index (χ4n) is 1.31. The van der Waals surface area contributed by atoms with E-state index in [0.717, 1.165) is 0 Å². The number of ether oxygens (including phenoxy) is 1. The predicted octanol–water partition coefficient (Wildman–Crippen LogP) is 2.81. The maximum atomic E-state index is 12.8. The predicted molar refractivity (Wildman–Crippen MR) is 57.4 cm³/mol. The molecule has 1 heterocycles. The maximum Gasteiger partial charge on any atom is 0.309 e. The highest BCUT2D eigenvalue weighted by Crippen LogP contribution is 2.30. The minimum Gasteiger partial charge on any atom is -0.469 e. The van der Waals surface area contributed by atoms with Crippen molar-refractivity contribution >= 4 is 21.9 Å². The van der Waals surface area contributed by atoms with Crippen LogP contribution in [0.15, 0.2) is 10.7 Å². The van der Waals surface area contributed by atoms with Crippen LogP contribution in [0, 0.1) is 6.92 Å². The molecule has 0 spiro atoms. The van der Waals surface area contributed by atoms with Gasteiger partial charge in [-0.2, -0.15) is 0 Å². The van der Waals surface area contributed by atoms with Gasteiger partial charge in [0.05, 0.1) is 19.1 Å². The Balaban J connectivity index is 3.18. The third kappa shape index (κ3) is 2.98. The SMILES string of the molecule is COC(=O)Cc1cc(C)nc(Br)c1C(F)F. The average molecular weight is 294 g/mol. The number of esters is 1. The second-order valence-electron chi connectivity index (χ2n) is 3.18. The molecular weight excluding hydrogens is 284 g/mol. The molecule has 0 bridgehead atoms. The smallest absolute Gasteiger partial charge is 0.309 e. The standard InChI is InChI=1S/C10H10BrF2NO2/c1-5-3-6(4-7(15)16-2)8(10(12)13)9(11)14-5/h3,10H,4H2,1-2H3. The number of halogens is 3. The molecule has 0 saturated carbocycles. The third-order valence-electron chi connectivity index (χ3n) is 2.01. The molecule has 0 amide bonds. The molecule has 1 aromatic heterocycles. The number of methoxy groups -OCH3 is 1. The highest BCUT2D eigenvalue weighted by Gasteiger charge is 2.20. The lowest BCUT2D eigenvalue weighted by Gasteiger charge is -2.10. The number of aromatic nitrogens is 1. The molecule has 16 heavy (non-hydrogen) atoms. The molecule has 0 radical (unpaired) electrons. The molecule has 0 unspecified atom stereocenters. The van der Waals surface area contributed by atoms with Gasteiger partial charge in [-0.1, -0.05) is 0 Å². The summed E-state index contributed by atoms with van der Waals surface area (Å²) in [7, 11) is 1.22. The molecule has 0 N–H and O–H groups in total. The lowest BCUT2D eigenvalue weighted by molar-refractivity contribution is -0.139. The minimum atomic E-state index is -2.68. The van der Waals surface area contributed by atoms with Crippen molar-refractivity contribution in [3.8, 4) is 0 Å². The van der Waals surface area contributed by atoms with Gasteiger partial charge in [0.1, 0.15) is 4.60 Å². The van der Waals surface area contributed by atoms with Gasteiger partial charge < -0.3 is 4.74 Å². The first kappa shape index (κ1) is 13.0. The zero-order valence-corrected chi connectivity index (χ0v) is 10.3. The van der Waals surface area contributed by atoms with E-state index >= 15 is 0 Å². The Bertz CT molecular complexity index is 410. The number of alkyl halides is 2. The fourth-order valence-corrected chi connectivity index (χ4v) is 2.02. The van der Waals surface area contributed by atoms with Crippen LogP contribution in [-0.2, 0) is 16.0 Å². The monoisotopic (exact) mass is 293 g/mol. The molecule has 1 aromatic rings. The largest absolute Gasteiger partial charge is 0.469 e. The first-order chi connectivity index (χ1) is 7.45. The second-order valence-corrected chi connectivity index (χ2v) is 3.93. The average Bonchev–Trinajstić information content (AvgIpc) is 2.15. The molecule has 0 atom stereocenters. The Hall–Kier alpha value is -1.04. The molecule has 0 aliphatic rings. The Labute approximate surface area is 99.9 Å². The van der Waals surface area contributed by atoms with Crippen LogP contribution in [0.25, 0.3) is 0 Å². The molecule has 0 fully saturated rings.